The van der Waals surface area contributed by atoms with Crippen molar-refractivity contribution >= 4 is 34.7 Å². The highest BCUT2D eigenvalue weighted by Crippen LogP contribution is 2.26. The topological polar surface area (TPSA) is 12.9 Å². The Balaban J connectivity index is 2.02. The van der Waals surface area contributed by atoms with Crippen molar-refractivity contribution in [1.29, 1.82) is 0 Å². The van der Waals surface area contributed by atoms with Gasteiger partial charge in [-0.2, -0.15) is 0 Å². The molecule has 2 aromatic carbocycles. The summed E-state index contributed by atoms with van der Waals surface area (Å²) in [7, 11) is 0. The molecular formula is C17H12ClN. The first kappa shape index (κ1) is 11.9. The number of nitrogens with zero attached hydrogens (tertiary/aromatic N) is 1. The molecule has 0 unspecified atom stereocenters. The number of rotatable bonds is 2. The molecule has 2 heteroatoms. The molecule has 1 nitrogen and oxygen atoms in total. The maximum absolute atomic E-state index is 6.42. The normalized spacial score (nSPS) is 11.2. The van der Waals surface area contributed by atoms with Crippen molar-refractivity contribution in [3.63, 3.8) is 0 Å². The average molecular weight is 266 g/mol. The van der Waals surface area contributed by atoms with Crippen LogP contribution >= 0.6 is 11.6 Å². The van der Waals surface area contributed by atoms with Crippen LogP contribution in [0.1, 0.15) is 11.1 Å². The Morgan fingerprint density at radius 1 is 0.842 bits per heavy atom. The Hall–Kier alpha value is -2.12. The molecule has 0 saturated carbocycles. The average Bonchev–Trinajstić information content (AvgIpc) is 2.48. The SMILES string of the molecule is Clc1c(C=Cc2ccccc2)cnc2ccccc12. The van der Waals surface area contributed by atoms with E-state index < -0.39 is 0 Å². The Morgan fingerprint density at radius 3 is 2.42 bits per heavy atom. The molecule has 3 aromatic rings. The van der Waals surface area contributed by atoms with Gasteiger partial charge >= 0.3 is 0 Å². The van der Waals surface area contributed by atoms with E-state index >= 15 is 0 Å². The van der Waals surface area contributed by atoms with Gasteiger partial charge in [0.1, 0.15) is 0 Å². The van der Waals surface area contributed by atoms with Gasteiger partial charge in [-0.25, -0.2) is 0 Å². The zero-order chi connectivity index (χ0) is 13.1. The number of aromatic nitrogens is 1. The van der Waals surface area contributed by atoms with Gasteiger partial charge in [-0.3, -0.25) is 4.98 Å². The molecule has 19 heavy (non-hydrogen) atoms. The third-order valence-corrected chi connectivity index (χ3v) is 3.41. The monoisotopic (exact) mass is 265 g/mol. The molecule has 0 bridgehead atoms. The molecule has 0 saturated heterocycles. The molecule has 0 radical (unpaired) electrons. The number of benzene rings is 2. The highest BCUT2D eigenvalue weighted by Gasteiger charge is 2.03. The van der Waals surface area contributed by atoms with Crippen LogP contribution in [0.5, 0.6) is 0 Å². The highest BCUT2D eigenvalue weighted by atomic mass is 35.5. The van der Waals surface area contributed by atoms with Crippen LogP contribution in [-0.2, 0) is 0 Å². The highest BCUT2D eigenvalue weighted by molar-refractivity contribution is 6.36. The van der Waals surface area contributed by atoms with E-state index in [0.29, 0.717) is 0 Å². The van der Waals surface area contributed by atoms with Gasteiger partial charge in [0, 0.05) is 17.1 Å². The minimum Gasteiger partial charge on any atom is -0.256 e. The second kappa shape index (κ2) is 5.25. The maximum Gasteiger partial charge on any atom is 0.0717 e. The minimum absolute atomic E-state index is 0.748. The maximum atomic E-state index is 6.42. The molecule has 1 heterocycles. The minimum atomic E-state index is 0.748. The summed E-state index contributed by atoms with van der Waals surface area (Å²) in [5.41, 5.74) is 3.00. The largest absolute Gasteiger partial charge is 0.256 e. The number of halogens is 1. The van der Waals surface area contributed by atoms with Crippen molar-refractivity contribution in [1.82, 2.24) is 4.98 Å². The predicted molar refractivity (Wildman–Crippen MR) is 82.1 cm³/mol. The molecule has 0 atom stereocenters. The van der Waals surface area contributed by atoms with Crippen LogP contribution in [0.15, 0.2) is 60.8 Å². The summed E-state index contributed by atoms with van der Waals surface area (Å²) in [6.07, 6.45) is 5.85. The fraction of sp³-hybridized carbons (Fsp3) is 0. The van der Waals surface area contributed by atoms with Gasteiger partial charge in [-0.15, -0.1) is 0 Å². The Bertz CT molecular complexity index is 733. The molecular weight excluding hydrogens is 254 g/mol. The van der Waals surface area contributed by atoms with Crippen LogP contribution in [0.25, 0.3) is 23.1 Å². The van der Waals surface area contributed by atoms with E-state index in [1.807, 2.05) is 60.8 Å². The van der Waals surface area contributed by atoms with Crippen molar-refractivity contribution in [3.8, 4) is 0 Å². The molecule has 3 rings (SSSR count). The predicted octanol–water partition coefficient (Wildman–Crippen LogP) is 5.06. The zero-order valence-corrected chi connectivity index (χ0v) is 11.0. The Morgan fingerprint density at radius 2 is 1.58 bits per heavy atom. The van der Waals surface area contributed by atoms with Crippen molar-refractivity contribution in [2.75, 3.05) is 0 Å². The first-order valence-electron chi connectivity index (χ1n) is 6.11. The Labute approximate surface area is 117 Å². The summed E-state index contributed by atoms with van der Waals surface area (Å²) in [5, 5.41) is 1.73. The van der Waals surface area contributed by atoms with Crippen LogP contribution in [0.3, 0.4) is 0 Å². The quantitative estimate of drug-likeness (QED) is 0.631. The van der Waals surface area contributed by atoms with E-state index in [2.05, 4.69) is 17.1 Å². The fourth-order valence-electron chi connectivity index (χ4n) is 1.99. The summed E-state index contributed by atoms with van der Waals surface area (Å²) >= 11 is 6.42. The van der Waals surface area contributed by atoms with Gasteiger partial charge in [-0.05, 0) is 11.6 Å². The van der Waals surface area contributed by atoms with E-state index in [1.54, 1.807) is 0 Å². The second-order valence-electron chi connectivity index (χ2n) is 4.29. The molecule has 0 fully saturated rings. The van der Waals surface area contributed by atoms with Crippen LogP contribution in [-0.4, -0.2) is 4.98 Å². The van der Waals surface area contributed by atoms with Crippen molar-refractivity contribution in [3.05, 3.63) is 76.9 Å². The molecule has 0 spiro atoms. The van der Waals surface area contributed by atoms with Crippen molar-refractivity contribution in [2.24, 2.45) is 0 Å². The molecule has 0 aliphatic carbocycles. The van der Waals surface area contributed by atoms with Crippen LogP contribution in [0.2, 0.25) is 5.02 Å². The van der Waals surface area contributed by atoms with E-state index in [4.69, 9.17) is 11.6 Å². The van der Waals surface area contributed by atoms with Gasteiger partial charge < -0.3 is 0 Å². The van der Waals surface area contributed by atoms with Crippen LogP contribution in [0, 0.1) is 0 Å². The number of hydrogen-bond donors (Lipinski definition) is 0. The summed E-state index contributed by atoms with van der Waals surface area (Å²) in [6.45, 7) is 0. The van der Waals surface area contributed by atoms with Gasteiger partial charge in [-0.1, -0.05) is 72.3 Å². The first-order chi connectivity index (χ1) is 9.34. The number of para-hydroxylation sites is 1. The molecule has 1 aromatic heterocycles. The lowest BCUT2D eigenvalue weighted by molar-refractivity contribution is 1.40. The summed E-state index contributed by atoms with van der Waals surface area (Å²) in [5.74, 6) is 0. The fourth-order valence-corrected chi connectivity index (χ4v) is 2.26. The van der Waals surface area contributed by atoms with E-state index in [9.17, 15) is 0 Å². The summed E-state index contributed by atoms with van der Waals surface area (Å²) < 4.78 is 0. The standard InChI is InChI=1S/C17H12ClN/c18-17-14(11-10-13-6-2-1-3-7-13)12-19-16-9-5-4-8-15(16)17/h1-12H. The van der Waals surface area contributed by atoms with Gasteiger partial charge in [0.05, 0.1) is 10.5 Å². The lowest BCUT2D eigenvalue weighted by Crippen LogP contribution is -1.83. The first-order valence-corrected chi connectivity index (χ1v) is 6.49. The molecule has 0 N–H and O–H groups in total. The van der Waals surface area contributed by atoms with Gasteiger partial charge in [0.15, 0.2) is 0 Å². The van der Waals surface area contributed by atoms with E-state index in [1.165, 1.54) is 0 Å². The number of pyridine rings is 1. The van der Waals surface area contributed by atoms with E-state index in [0.717, 1.165) is 27.1 Å². The van der Waals surface area contributed by atoms with Crippen LogP contribution in [0.4, 0.5) is 0 Å². The molecule has 0 amide bonds. The number of hydrogen-bond acceptors (Lipinski definition) is 1. The van der Waals surface area contributed by atoms with Crippen LogP contribution < -0.4 is 0 Å². The van der Waals surface area contributed by atoms with Gasteiger partial charge in [0.2, 0.25) is 0 Å². The molecule has 92 valence electrons. The second-order valence-corrected chi connectivity index (χ2v) is 4.67. The molecule has 0 aliphatic rings. The van der Waals surface area contributed by atoms with Crippen molar-refractivity contribution in [2.45, 2.75) is 0 Å². The Kier molecular flexibility index (Phi) is 3.30. The lowest BCUT2D eigenvalue weighted by atomic mass is 10.1. The summed E-state index contributed by atoms with van der Waals surface area (Å²) in [6, 6.07) is 18.0. The zero-order valence-electron chi connectivity index (χ0n) is 10.3. The van der Waals surface area contributed by atoms with E-state index in [-0.39, 0.29) is 0 Å². The smallest absolute Gasteiger partial charge is 0.0717 e. The third kappa shape index (κ3) is 2.51. The molecule has 0 aliphatic heterocycles. The van der Waals surface area contributed by atoms with Gasteiger partial charge in [0.25, 0.3) is 0 Å². The van der Waals surface area contributed by atoms with Crippen molar-refractivity contribution < 1.29 is 0 Å². The third-order valence-electron chi connectivity index (χ3n) is 2.99. The number of fused-ring (bicyclic) bond motifs is 1. The lowest BCUT2D eigenvalue weighted by Gasteiger charge is -2.03. The summed E-state index contributed by atoms with van der Waals surface area (Å²) in [4.78, 5) is 4.42.